The maximum Gasteiger partial charge on any atom is 0.269 e. The first-order valence-corrected chi connectivity index (χ1v) is 40.0. The third-order valence-corrected chi connectivity index (χ3v) is 20.2. The molecule has 0 saturated heterocycles. The molecule has 0 unspecified atom stereocenters. The van der Waals surface area contributed by atoms with Gasteiger partial charge in [0.05, 0.1) is 44.8 Å². The van der Waals surface area contributed by atoms with Gasteiger partial charge < -0.3 is 11.1 Å². The van der Waals surface area contributed by atoms with E-state index in [0.29, 0.717) is 28.3 Å². The second-order valence-electron chi connectivity index (χ2n) is 22.0. The number of nitrogens with two attached hydrogens (primary N) is 1. The van der Waals surface area contributed by atoms with Gasteiger partial charge >= 0.3 is 0 Å². The third kappa shape index (κ3) is 23.5. The zero-order valence-electron chi connectivity index (χ0n) is 58.8. The number of nitro benzene ring substituents is 1. The fourth-order valence-corrected chi connectivity index (χ4v) is 12.9. The Kier molecular flexibility index (Phi) is 31.2. The van der Waals surface area contributed by atoms with E-state index in [1.807, 2.05) is 175 Å². The molecule has 0 aliphatic heterocycles. The van der Waals surface area contributed by atoms with E-state index in [1.165, 1.54) is 25.1 Å². The van der Waals surface area contributed by atoms with E-state index in [-0.39, 0.29) is 23.1 Å². The Morgan fingerprint density at radius 3 is 1.32 bits per heavy atom. The number of halogens is 2. The van der Waals surface area contributed by atoms with Crippen LogP contribution >= 0.6 is 82.2 Å². The minimum absolute atomic E-state index is 0.0109. The number of carbonyl (C=O) groups is 2. The Morgan fingerprint density at radius 2 is 0.953 bits per heavy atom. The number of nitrogens with one attached hydrogen (secondary N) is 2. The second kappa shape index (κ2) is 41.6. The second-order valence-corrected chi connectivity index (χ2v) is 27.7. The molecule has 29 heteroatoms. The van der Waals surface area contributed by atoms with E-state index >= 15 is 0 Å². The number of ketones is 2. The molecule has 0 aliphatic carbocycles. The first kappa shape index (κ1) is 80.1. The van der Waals surface area contributed by atoms with Crippen LogP contribution in [0.2, 0.25) is 5.02 Å². The van der Waals surface area contributed by atoms with Crippen molar-refractivity contribution in [3.05, 3.63) is 310 Å². The molecule has 0 bridgehead atoms. The van der Waals surface area contributed by atoms with Crippen LogP contribution in [0, 0.1) is 15.9 Å². The van der Waals surface area contributed by atoms with Crippen LogP contribution in [0.25, 0.3) is 62.1 Å². The van der Waals surface area contributed by atoms with Crippen LogP contribution in [0.15, 0.2) is 293 Å². The molecule has 4 aromatic carbocycles. The van der Waals surface area contributed by atoms with Crippen molar-refractivity contribution in [2.24, 2.45) is 0 Å². The molecule has 0 atom stereocenters. The highest BCUT2D eigenvalue weighted by atomic mass is 35.5. The number of allylic oxidation sites excluding steroid dienone is 1. The number of nitrogens with zero attached hydrogens (tertiary/aromatic N) is 14. The van der Waals surface area contributed by atoms with Gasteiger partial charge in [-0.25, -0.2) is 18.4 Å². The summed E-state index contributed by atoms with van der Waals surface area (Å²) < 4.78 is 20.5. The van der Waals surface area contributed by atoms with Crippen molar-refractivity contribution in [2.45, 2.75) is 33.6 Å². The normalized spacial score (nSPS) is 10.4. The highest BCUT2D eigenvalue weighted by molar-refractivity contribution is 8.21. The van der Waals surface area contributed by atoms with Crippen molar-refractivity contribution < 1.29 is 18.9 Å². The molecule has 542 valence electrons. The number of benzene rings is 4. The number of Topliss-reactive ketones (excluding diaryl/α,β-unsaturated/α-hetero) is 1. The summed E-state index contributed by atoms with van der Waals surface area (Å²) in [6.07, 6.45) is 34.2. The van der Waals surface area contributed by atoms with Gasteiger partial charge in [-0.05, 0) is 214 Å². The minimum Gasteiger partial charge on any atom is -0.399 e. The number of pyridine rings is 6. The number of carbonyl (C=O) groups excluding carboxylic acids is 2. The summed E-state index contributed by atoms with van der Waals surface area (Å²) in [5.74, 6) is -0.245. The Morgan fingerprint density at radius 1 is 0.533 bits per heavy atom. The van der Waals surface area contributed by atoms with Crippen molar-refractivity contribution in [1.82, 2.24) is 69.4 Å². The van der Waals surface area contributed by atoms with Gasteiger partial charge in [-0.3, -0.25) is 54.7 Å². The number of nitro groups is 1. The summed E-state index contributed by atoms with van der Waals surface area (Å²) in [5.41, 5.74) is 19.5. The number of rotatable bonds is 20. The average Bonchev–Trinajstić information content (AvgIpc) is 1.69. The summed E-state index contributed by atoms with van der Waals surface area (Å²) in [7, 11) is 0. The quantitative estimate of drug-likeness (QED) is 0.0160. The molecule has 0 amide bonds. The van der Waals surface area contributed by atoms with Crippen LogP contribution in [0.1, 0.15) is 33.2 Å². The van der Waals surface area contributed by atoms with Crippen LogP contribution in [-0.4, -0.2) is 123 Å². The van der Waals surface area contributed by atoms with Gasteiger partial charge in [0, 0.05) is 159 Å². The summed E-state index contributed by atoms with van der Waals surface area (Å²) in [6, 6.07) is 57.2. The van der Waals surface area contributed by atoms with Crippen molar-refractivity contribution >= 4 is 111 Å². The predicted molar refractivity (Wildman–Crippen MR) is 437 cm³/mol. The Labute approximate surface area is 649 Å². The number of non-ortho nitro benzene ring substituents is 1. The van der Waals surface area contributed by atoms with Crippen molar-refractivity contribution in [3.63, 3.8) is 0 Å². The smallest absolute Gasteiger partial charge is 0.269 e. The molecule has 107 heavy (non-hydrogen) atoms. The summed E-state index contributed by atoms with van der Waals surface area (Å²) in [4.78, 5) is 56.7. The first-order valence-electron chi connectivity index (χ1n) is 32.3. The molecule has 4 N–H and O–H groups in total. The van der Waals surface area contributed by atoms with E-state index in [2.05, 4.69) is 61.7 Å². The number of H-pyrrole nitrogens is 1. The van der Waals surface area contributed by atoms with Crippen molar-refractivity contribution in [1.29, 1.82) is 0 Å². The van der Waals surface area contributed by atoms with Gasteiger partial charge in [0.15, 0.2) is 11.6 Å². The number of nitrogen functional groups attached to an aromatic ring is 1. The van der Waals surface area contributed by atoms with Gasteiger partial charge in [-0.2, -0.15) is 20.4 Å². The monoisotopic (exact) mass is 1560 g/mol. The molecule has 0 fully saturated rings. The van der Waals surface area contributed by atoms with E-state index in [0.717, 1.165) is 97.8 Å². The molecular formula is C78H71ClFN17O4S6. The number of hydrogen-bond donors (Lipinski definition) is 3. The van der Waals surface area contributed by atoms with Gasteiger partial charge in [-0.15, -0.1) is 70.6 Å². The summed E-state index contributed by atoms with van der Waals surface area (Å²) in [5, 5.41) is 39.5. The maximum absolute atomic E-state index is 13.9. The minimum atomic E-state index is -0.413. The summed E-state index contributed by atoms with van der Waals surface area (Å²) in [6.45, 7) is 1.84. The van der Waals surface area contributed by atoms with Gasteiger partial charge in [0.1, 0.15) is 25.9 Å². The molecular weight excluding hydrogens is 1490 g/mol. The molecule has 14 aromatic rings. The number of thioether (sulfide) groups is 6. The van der Waals surface area contributed by atoms with E-state index in [9.17, 15) is 24.1 Å². The molecule has 10 aromatic heterocycles. The lowest BCUT2D eigenvalue weighted by Gasteiger charge is -2.10. The number of anilines is 2. The number of hydrogen-bond acceptors (Lipinski definition) is 22. The fourth-order valence-electron chi connectivity index (χ4n) is 9.54. The Hall–Kier alpha value is -11.0. The lowest BCUT2D eigenvalue weighted by molar-refractivity contribution is -0.384. The van der Waals surface area contributed by atoms with Gasteiger partial charge in [0.25, 0.3) is 5.69 Å². The van der Waals surface area contributed by atoms with Crippen molar-refractivity contribution in [2.75, 3.05) is 48.6 Å². The summed E-state index contributed by atoms with van der Waals surface area (Å²) >= 11 is 15.7. The predicted octanol–water partition coefficient (Wildman–Crippen LogP) is 19.2. The third-order valence-electron chi connectivity index (χ3n) is 15.0. The molecule has 0 radical (unpaired) electrons. The van der Waals surface area contributed by atoms with Crippen LogP contribution in [0.4, 0.5) is 21.5 Å². The fraction of sp³-hybridized carbons (Fsp3) is 0.103. The van der Waals surface area contributed by atoms with Crippen LogP contribution in [0.5, 0.6) is 0 Å². The SMILES string of the molecule is CC(=O)c1cccnc1.CSC(=CC(=O)c1cccnc1)SC.CSc1cc(-c2cccnc2)[nH]n1.CSc1cc(-c2cccnc2)nn1-c1ccc(N)cc1.CSc1cc(-c2cccnc2)nn1-c1ccc(NCc2c(F)cccc2Cl)cc1.CSc1cc(-c2cccnc2)nn1-c1ccc([N+](=O)[O-])cc1. The zero-order valence-corrected chi connectivity index (χ0v) is 64.4. The van der Waals surface area contributed by atoms with Gasteiger partial charge in [0.2, 0.25) is 0 Å². The standard InChI is InChI=1S/C22H18ClFN4S.C15H12N4O2S.C15H14N4S.C10H11NOS2.C9H9N3S.C7H7NO/c1-29-22-12-21(15-4-3-11-25-13-15)27-28(22)17-9-7-16(8-10-17)26-14-18-19(23)5-2-6-20(18)24;1-22-15-9-14(11-3-2-8-16-10-11)17-18(15)12-4-6-13(7-5-12)19(20)21;1-20-15-9-14(11-3-2-8-17-10-11)18-19(15)13-6-4-12(16)5-7-13;1-13-10(14-2)6-9(12)8-4-3-5-11-7-8;1-13-9-5-8(11-12-9)7-3-2-4-10-6-7;1-6(9)7-3-2-4-8-5-7/h2-13,26H,14H2,1H3;2-10H,1H3;2-10H,16H2,1H3;3-7H,1-2H3;2-6H,1H3,(H,11,12);2-5H,1H3. The average molecular weight is 1560 g/mol. The highest BCUT2D eigenvalue weighted by Gasteiger charge is 2.16. The Bertz CT molecular complexity index is 5110. The first-order chi connectivity index (χ1) is 52.1. The van der Waals surface area contributed by atoms with E-state index in [4.69, 9.17) is 22.4 Å². The molecule has 10 heterocycles. The largest absolute Gasteiger partial charge is 0.399 e. The van der Waals surface area contributed by atoms with Gasteiger partial charge in [-0.1, -0.05) is 17.7 Å². The molecule has 21 nitrogen and oxygen atoms in total. The molecule has 0 aliphatic rings. The highest BCUT2D eigenvalue weighted by Crippen LogP contribution is 2.32. The van der Waals surface area contributed by atoms with Crippen LogP contribution in [-0.2, 0) is 6.54 Å². The Balaban J connectivity index is 0.000000154. The van der Waals surface area contributed by atoms with Crippen LogP contribution < -0.4 is 11.1 Å². The number of aromatic nitrogens is 14. The number of aromatic amines is 1. The van der Waals surface area contributed by atoms with Crippen molar-refractivity contribution in [3.8, 4) is 62.1 Å². The molecule has 0 saturated carbocycles. The lowest BCUT2D eigenvalue weighted by Crippen LogP contribution is -2.03. The molecule has 0 spiro atoms. The topological polar surface area (TPSA) is 275 Å². The van der Waals surface area contributed by atoms with Crippen LogP contribution in [0.3, 0.4) is 0 Å². The lowest BCUT2D eigenvalue weighted by atomic mass is 10.2. The zero-order chi connectivity index (χ0) is 75.9. The molecule has 14 rings (SSSR count). The maximum atomic E-state index is 13.9. The van der Waals surface area contributed by atoms with E-state index in [1.54, 1.807) is 192 Å². The van der Waals surface area contributed by atoms with E-state index < -0.39 is 4.92 Å².